The first-order valence-corrected chi connectivity index (χ1v) is 6.16. The van der Waals surface area contributed by atoms with Gasteiger partial charge in [0.15, 0.2) is 0 Å². The highest BCUT2D eigenvalue weighted by Crippen LogP contribution is 2.30. The molecule has 1 atom stereocenters. The third kappa shape index (κ3) is 2.15. The van der Waals surface area contributed by atoms with Crippen molar-refractivity contribution >= 4 is 15.9 Å². The van der Waals surface area contributed by atoms with Crippen LogP contribution in [0.15, 0.2) is 28.4 Å². The minimum Gasteiger partial charge on any atom is -0.495 e. The third-order valence-corrected chi connectivity index (χ3v) is 4.03. The van der Waals surface area contributed by atoms with Crippen LogP contribution in [0.4, 0.5) is 0 Å². The molecule has 1 aliphatic rings. The van der Waals surface area contributed by atoms with Gasteiger partial charge in [0.25, 0.3) is 0 Å². The molecule has 0 amide bonds. The topological polar surface area (TPSA) is 29.5 Å². The first kappa shape index (κ1) is 11.7. The SMILES string of the molecule is Cc1cc(C(O)C2=CCCO2)cc(C)c1Br. The first-order chi connectivity index (χ1) is 7.59. The van der Waals surface area contributed by atoms with Crippen LogP contribution >= 0.6 is 15.9 Å². The summed E-state index contributed by atoms with van der Waals surface area (Å²) in [7, 11) is 0. The number of aliphatic hydroxyl groups is 1. The Kier molecular flexibility index (Phi) is 3.36. The Morgan fingerprint density at radius 2 is 1.94 bits per heavy atom. The zero-order chi connectivity index (χ0) is 11.7. The summed E-state index contributed by atoms with van der Waals surface area (Å²) in [6.45, 7) is 4.73. The van der Waals surface area contributed by atoms with Crippen LogP contribution in [0.5, 0.6) is 0 Å². The molecule has 1 aromatic rings. The van der Waals surface area contributed by atoms with Crippen molar-refractivity contribution in [2.45, 2.75) is 26.4 Å². The summed E-state index contributed by atoms with van der Waals surface area (Å²) in [4.78, 5) is 0. The summed E-state index contributed by atoms with van der Waals surface area (Å²) in [5.74, 6) is 0.682. The fraction of sp³-hybridized carbons (Fsp3) is 0.385. The molecule has 0 aliphatic carbocycles. The second kappa shape index (κ2) is 4.60. The average molecular weight is 283 g/mol. The summed E-state index contributed by atoms with van der Waals surface area (Å²) in [5.41, 5.74) is 3.16. The predicted molar refractivity (Wildman–Crippen MR) is 67.2 cm³/mol. The molecule has 0 aromatic heterocycles. The van der Waals surface area contributed by atoms with E-state index in [1.165, 1.54) is 0 Å². The van der Waals surface area contributed by atoms with Gasteiger partial charge in [-0.2, -0.15) is 0 Å². The molecular weight excluding hydrogens is 268 g/mol. The van der Waals surface area contributed by atoms with Gasteiger partial charge in [-0.1, -0.05) is 28.1 Å². The number of halogens is 1. The number of aliphatic hydroxyl groups excluding tert-OH is 1. The van der Waals surface area contributed by atoms with Gasteiger partial charge in [0.1, 0.15) is 11.9 Å². The summed E-state index contributed by atoms with van der Waals surface area (Å²) in [6.07, 6.45) is 2.21. The third-order valence-electron chi connectivity index (χ3n) is 2.78. The van der Waals surface area contributed by atoms with Crippen LogP contribution in [0.3, 0.4) is 0 Å². The molecule has 86 valence electrons. The normalized spacial score (nSPS) is 16.9. The van der Waals surface area contributed by atoms with Gasteiger partial charge in [-0.3, -0.25) is 0 Å². The van der Waals surface area contributed by atoms with Crippen LogP contribution in [-0.4, -0.2) is 11.7 Å². The quantitative estimate of drug-likeness (QED) is 0.901. The second-order valence-electron chi connectivity index (χ2n) is 4.11. The summed E-state index contributed by atoms with van der Waals surface area (Å²) in [5, 5.41) is 10.2. The molecule has 2 nitrogen and oxygen atoms in total. The molecule has 1 N–H and O–H groups in total. The minimum absolute atomic E-state index is 0.631. The molecule has 3 heteroatoms. The Balaban J connectivity index is 2.33. The van der Waals surface area contributed by atoms with Gasteiger partial charge in [0, 0.05) is 10.9 Å². The van der Waals surface area contributed by atoms with Crippen molar-refractivity contribution in [2.75, 3.05) is 6.61 Å². The largest absolute Gasteiger partial charge is 0.495 e. The maximum atomic E-state index is 10.2. The van der Waals surface area contributed by atoms with Gasteiger partial charge in [-0.05, 0) is 36.6 Å². The van der Waals surface area contributed by atoms with Gasteiger partial charge in [-0.25, -0.2) is 0 Å². The minimum atomic E-state index is -0.631. The molecule has 1 aromatic carbocycles. The molecule has 0 fully saturated rings. The molecular formula is C13H15BrO2. The monoisotopic (exact) mass is 282 g/mol. The average Bonchev–Trinajstić information content (AvgIpc) is 2.77. The van der Waals surface area contributed by atoms with Crippen LogP contribution in [0.1, 0.15) is 29.2 Å². The molecule has 2 rings (SSSR count). The van der Waals surface area contributed by atoms with Crippen LogP contribution in [0.25, 0.3) is 0 Å². The van der Waals surface area contributed by atoms with E-state index in [1.807, 2.05) is 32.1 Å². The van der Waals surface area contributed by atoms with Gasteiger partial charge in [0.2, 0.25) is 0 Å². The molecule has 0 saturated heterocycles. The first-order valence-electron chi connectivity index (χ1n) is 5.37. The Morgan fingerprint density at radius 3 is 2.44 bits per heavy atom. The number of rotatable bonds is 2. The lowest BCUT2D eigenvalue weighted by atomic mass is 10.0. The maximum Gasteiger partial charge on any atom is 0.136 e. The molecule has 16 heavy (non-hydrogen) atoms. The lowest BCUT2D eigenvalue weighted by Crippen LogP contribution is -2.03. The van der Waals surface area contributed by atoms with E-state index in [0.717, 1.165) is 27.6 Å². The molecule has 0 radical (unpaired) electrons. The lowest BCUT2D eigenvalue weighted by molar-refractivity contribution is 0.119. The van der Waals surface area contributed by atoms with Crippen molar-refractivity contribution in [3.8, 4) is 0 Å². The number of benzene rings is 1. The predicted octanol–water partition coefficient (Wildman–Crippen LogP) is 3.40. The fourth-order valence-electron chi connectivity index (χ4n) is 1.93. The van der Waals surface area contributed by atoms with Crippen molar-refractivity contribution in [3.63, 3.8) is 0 Å². The fourth-order valence-corrected chi connectivity index (χ4v) is 2.16. The van der Waals surface area contributed by atoms with Crippen molar-refractivity contribution in [3.05, 3.63) is 45.1 Å². The van der Waals surface area contributed by atoms with Crippen molar-refractivity contribution in [2.24, 2.45) is 0 Å². The van der Waals surface area contributed by atoms with Crippen molar-refractivity contribution in [1.29, 1.82) is 0 Å². The lowest BCUT2D eigenvalue weighted by Gasteiger charge is -2.15. The van der Waals surface area contributed by atoms with E-state index in [2.05, 4.69) is 15.9 Å². The summed E-state index contributed by atoms with van der Waals surface area (Å²) < 4.78 is 6.48. The number of hydrogen-bond donors (Lipinski definition) is 1. The van der Waals surface area contributed by atoms with Gasteiger partial charge in [0.05, 0.1) is 6.61 Å². The van der Waals surface area contributed by atoms with Crippen molar-refractivity contribution in [1.82, 2.24) is 0 Å². The molecule has 1 aliphatic heterocycles. The Labute approximate surface area is 104 Å². The summed E-state index contributed by atoms with van der Waals surface area (Å²) >= 11 is 3.52. The number of ether oxygens (including phenoxy) is 1. The smallest absolute Gasteiger partial charge is 0.136 e. The molecule has 0 bridgehead atoms. The zero-order valence-corrected chi connectivity index (χ0v) is 11.0. The van der Waals surface area contributed by atoms with Gasteiger partial charge < -0.3 is 9.84 Å². The van der Waals surface area contributed by atoms with Gasteiger partial charge in [-0.15, -0.1) is 0 Å². The van der Waals surface area contributed by atoms with E-state index < -0.39 is 6.10 Å². The van der Waals surface area contributed by atoms with E-state index in [-0.39, 0.29) is 0 Å². The molecule has 1 unspecified atom stereocenters. The Hall–Kier alpha value is -0.800. The van der Waals surface area contributed by atoms with Gasteiger partial charge >= 0.3 is 0 Å². The number of aryl methyl sites for hydroxylation is 2. The van der Waals surface area contributed by atoms with E-state index in [1.54, 1.807) is 0 Å². The molecule has 0 spiro atoms. The second-order valence-corrected chi connectivity index (χ2v) is 4.91. The highest BCUT2D eigenvalue weighted by Gasteiger charge is 2.19. The van der Waals surface area contributed by atoms with E-state index in [4.69, 9.17) is 4.74 Å². The number of hydrogen-bond acceptors (Lipinski definition) is 2. The van der Waals surface area contributed by atoms with Crippen LogP contribution in [-0.2, 0) is 4.74 Å². The zero-order valence-electron chi connectivity index (χ0n) is 9.46. The van der Waals surface area contributed by atoms with E-state index in [9.17, 15) is 5.11 Å². The van der Waals surface area contributed by atoms with Crippen molar-refractivity contribution < 1.29 is 9.84 Å². The molecule has 0 saturated carbocycles. The molecule has 1 heterocycles. The maximum absolute atomic E-state index is 10.2. The standard InChI is InChI=1S/C13H15BrO2/c1-8-6-10(7-9(2)12(8)14)13(15)11-4-3-5-16-11/h4,6-7,13,15H,3,5H2,1-2H3. The van der Waals surface area contributed by atoms with E-state index in [0.29, 0.717) is 12.4 Å². The highest BCUT2D eigenvalue weighted by molar-refractivity contribution is 9.10. The highest BCUT2D eigenvalue weighted by atomic mass is 79.9. The van der Waals surface area contributed by atoms with Crippen LogP contribution in [0.2, 0.25) is 0 Å². The van der Waals surface area contributed by atoms with E-state index >= 15 is 0 Å². The van der Waals surface area contributed by atoms with Crippen LogP contribution in [0, 0.1) is 13.8 Å². The van der Waals surface area contributed by atoms with Crippen LogP contribution < -0.4 is 0 Å². The Morgan fingerprint density at radius 1 is 1.31 bits per heavy atom. The summed E-state index contributed by atoms with van der Waals surface area (Å²) in [6, 6.07) is 3.98. The Bertz CT molecular complexity index is 415.